The molecular weight excluding hydrogens is 240 g/mol. The third kappa shape index (κ3) is 2.23. The number of methoxy groups -OCH3 is 1. The van der Waals surface area contributed by atoms with E-state index >= 15 is 0 Å². The Morgan fingerprint density at radius 2 is 2.21 bits per heavy atom. The molecule has 3 rings (SSSR count). The first-order valence-electron chi connectivity index (χ1n) is 7.00. The first-order chi connectivity index (χ1) is 9.19. The van der Waals surface area contributed by atoms with Crippen LogP contribution in [0.3, 0.4) is 0 Å². The number of rotatable bonds is 2. The van der Waals surface area contributed by atoms with Crippen molar-refractivity contribution < 1.29 is 4.74 Å². The summed E-state index contributed by atoms with van der Waals surface area (Å²) in [5.41, 5.74) is 6.43. The van der Waals surface area contributed by atoms with Crippen molar-refractivity contribution in [2.24, 2.45) is 0 Å². The highest BCUT2D eigenvalue weighted by molar-refractivity contribution is 5.55. The minimum absolute atomic E-state index is 0.482. The summed E-state index contributed by atoms with van der Waals surface area (Å²) in [7, 11) is 1.61. The monoisotopic (exact) mass is 262 g/mol. The van der Waals surface area contributed by atoms with Crippen LogP contribution >= 0.6 is 0 Å². The molecule has 2 aliphatic rings. The molecule has 0 aliphatic carbocycles. The zero-order valence-corrected chi connectivity index (χ0v) is 11.7. The summed E-state index contributed by atoms with van der Waals surface area (Å²) in [6.07, 6.45) is 2.62. The lowest BCUT2D eigenvalue weighted by atomic mass is 10.1. The zero-order valence-electron chi connectivity index (χ0n) is 11.7. The van der Waals surface area contributed by atoms with Crippen molar-refractivity contribution in [3.05, 3.63) is 12.1 Å². The van der Waals surface area contributed by atoms with E-state index in [0.29, 0.717) is 23.7 Å². The van der Waals surface area contributed by atoms with Gasteiger partial charge in [0.25, 0.3) is 0 Å². The number of fused-ring (bicyclic) bond motifs is 1. The molecule has 1 aromatic heterocycles. The Bertz CT molecular complexity index is 465. The van der Waals surface area contributed by atoms with Crippen LogP contribution in [0.1, 0.15) is 19.8 Å². The number of nitrogen functional groups attached to an aromatic ring is 1. The van der Waals surface area contributed by atoms with Crippen molar-refractivity contribution in [2.45, 2.75) is 31.8 Å². The first kappa shape index (κ1) is 12.5. The summed E-state index contributed by atoms with van der Waals surface area (Å²) in [5.74, 6) is 1.50. The van der Waals surface area contributed by atoms with Crippen LogP contribution in [0.25, 0.3) is 0 Å². The van der Waals surface area contributed by atoms with Crippen molar-refractivity contribution in [2.75, 3.05) is 37.4 Å². The molecule has 0 spiro atoms. The third-order valence-electron chi connectivity index (χ3n) is 4.30. The molecule has 0 bridgehead atoms. The van der Waals surface area contributed by atoms with E-state index in [2.05, 4.69) is 21.7 Å². The van der Waals surface area contributed by atoms with E-state index in [9.17, 15) is 0 Å². The molecule has 19 heavy (non-hydrogen) atoms. The average Bonchev–Trinajstić information content (AvgIpc) is 2.85. The molecule has 2 atom stereocenters. The van der Waals surface area contributed by atoms with Crippen LogP contribution in [0.2, 0.25) is 0 Å². The van der Waals surface area contributed by atoms with Gasteiger partial charge in [0.05, 0.1) is 12.8 Å². The van der Waals surface area contributed by atoms with E-state index < -0.39 is 0 Å². The lowest BCUT2D eigenvalue weighted by Crippen LogP contribution is -2.55. The molecule has 2 fully saturated rings. The summed E-state index contributed by atoms with van der Waals surface area (Å²) in [6, 6.07) is 5.05. The molecule has 1 aromatic rings. The quantitative estimate of drug-likeness (QED) is 0.872. The van der Waals surface area contributed by atoms with Crippen LogP contribution in [0.4, 0.5) is 11.5 Å². The van der Waals surface area contributed by atoms with Gasteiger partial charge in [-0.25, -0.2) is 0 Å². The Labute approximate surface area is 114 Å². The minimum atomic E-state index is 0.482. The Balaban J connectivity index is 1.84. The third-order valence-corrected chi connectivity index (χ3v) is 4.30. The molecule has 2 aliphatic heterocycles. The normalized spacial score (nSPS) is 27.4. The van der Waals surface area contributed by atoms with Gasteiger partial charge < -0.3 is 15.4 Å². The van der Waals surface area contributed by atoms with Crippen LogP contribution in [-0.2, 0) is 0 Å². The SMILES string of the molecule is COc1nc(N2CC3CCCN3CC2C)ccc1N. The summed E-state index contributed by atoms with van der Waals surface area (Å²) in [6.45, 7) is 5.70. The second kappa shape index (κ2) is 4.89. The molecule has 3 heterocycles. The molecule has 0 radical (unpaired) electrons. The van der Waals surface area contributed by atoms with Gasteiger partial charge in [-0.3, -0.25) is 4.90 Å². The van der Waals surface area contributed by atoms with Gasteiger partial charge in [-0.15, -0.1) is 0 Å². The predicted molar refractivity (Wildman–Crippen MR) is 76.6 cm³/mol. The summed E-state index contributed by atoms with van der Waals surface area (Å²) >= 11 is 0. The van der Waals surface area contributed by atoms with E-state index in [4.69, 9.17) is 10.5 Å². The Morgan fingerprint density at radius 3 is 3.00 bits per heavy atom. The fourth-order valence-corrected chi connectivity index (χ4v) is 3.27. The highest BCUT2D eigenvalue weighted by Gasteiger charge is 2.34. The number of hydrogen-bond donors (Lipinski definition) is 1. The van der Waals surface area contributed by atoms with Gasteiger partial charge in [0, 0.05) is 25.2 Å². The number of nitrogens with zero attached hydrogens (tertiary/aromatic N) is 3. The number of pyridine rings is 1. The largest absolute Gasteiger partial charge is 0.479 e. The van der Waals surface area contributed by atoms with Crippen molar-refractivity contribution in [1.29, 1.82) is 0 Å². The molecular formula is C14H22N4O. The number of hydrogen-bond acceptors (Lipinski definition) is 5. The van der Waals surface area contributed by atoms with Crippen LogP contribution in [0.15, 0.2) is 12.1 Å². The number of ether oxygens (including phenoxy) is 1. The van der Waals surface area contributed by atoms with Crippen molar-refractivity contribution in [1.82, 2.24) is 9.88 Å². The van der Waals surface area contributed by atoms with Crippen molar-refractivity contribution in [3.63, 3.8) is 0 Å². The average molecular weight is 262 g/mol. The molecule has 104 valence electrons. The molecule has 2 saturated heterocycles. The molecule has 0 saturated carbocycles. The lowest BCUT2D eigenvalue weighted by Gasteiger charge is -2.43. The highest BCUT2D eigenvalue weighted by atomic mass is 16.5. The van der Waals surface area contributed by atoms with Gasteiger partial charge in [-0.05, 0) is 38.4 Å². The lowest BCUT2D eigenvalue weighted by molar-refractivity contribution is 0.202. The topological polar surface area (TPSA) is 54.6 Å². The minimum Gasteiger partial charge on any atom is -0.479 e. The van der Waals surface area contributed by atoms with Crippen LogP contribution < -0.4 is 15.4 Å². The first-order valence-corrected chi connectivity index (χ1v) is 7.00. The van der Waals surface area contributed by atoms with E-state index in [-0.39, 0.29) is 0 Å². The predicted octanol–water partition coefficient (Wildman–Crippen LogP) is 1.35. The molecule has 5 nitrogen and oxygen atoms in total. The highest BCUT2D eigenvalue weighted by Crippen LogP contribution is 2.30. The van der Waals surface area contributed by atoms with E-state index in [1.54, 1.807) is 7.11 Å². The van der Waals surface area contributed by atoms with E-state index in [0.717, 1.165) is 18.9 Å². The maximum Gasteiger partial charge on any atom is 0.238 e. The Kier molecular flexibility index (Phi) is 3.22. The van der Waals surface area contributed by atoms with Crippen LogP contribution in [0.5, 0.6) is 5.88 Å². The van der Waals surface area contributed by atoms with Crippen LogP contribution in [-0.4, -0.2) is 48.7 Å². The van der Waals surface area contributed by atoms with Gasteiger partial charge in [0.15, 0.2) is 0 Å². The molecule has 2 unspecified atom stereocenters. The van der Waals surface area contributed by atoms with Gasteiger partial charge >= 0.3 is 0 Å². The smallest absolute Gasteiger partial charge is 0.238 e. The molecule has 0 amide bonds. The van der Waals surface area contributed by atoms with Crippen molar-refractivity contribution >= 4 is 11.5 Å². The second-order valence-electron chi connectivity index (χ2n) is 5.56. The van der Waals surface area contributed by atoms with E-state index in [1.807, 2.05) is 12.1 Å². The number of aromatic nitrogens is 1. The molecule has 0 aromatic carbocycles. The number of nitrogens with two attached hydrogens (primary N) is 1. The number of piperazine rings is 1. The van der Waals surface area contributed by atoms with Gasteiger partial charge in [-0.1, -0.05) is 0 Å². The maximum atomic E-state index is 5.84. The Hall–Kier alpha value is -1.49. The van der Waals surface area contributed by atoms with Crippen LogP contribution in [0, 0.1) is 0 Å². The molecule has 2 N–H and O–H groups in total. The fourth-order valence-electron chi connectivity index (χ4n) is 3.27. The van der Waals surface area contributed by atoms with Crippen molar-refractivity contribution in [3.8, 4) is 5.88 Å². The molecule has 5 heteroatoms. The van der Waals surface area contributed by atoms with Gasteiger partial charge in [0.1, 0.15) is 5.82 Å². The summed E-state index contributed by atoms with van der Waals surface area (Å²) in [4.78, 5) is 9.53. The standard InChI is InChI=1S/C14H22N4O/c1-10-8-17-7-3-4-11(17)9-18(10)13-6-5-12(15)14(16-13)19-2/h5-6,10-11H,3-4,7-9,15H2,1-2H3. The summed E-state index contributed by atoms with van der Waals surface area (Å²) < 4.78 is 5.23. The fraction of sp³-hybridized carbons (Fsp3) is 0.643. The zero-order chi connectivity index (χ0) is 13.4. The summed E-state index contributed by atoms with van der Waals surface area (Å²) in [5, 5.41) is 0. The second-order valence-corrected chi connectivity index (χ2v) is 5.56. The van der Waals surface area contributed by atoms with Gasteiger partial charge in [-0.2, -0.15) is 4.98 Å². The Morgan fingerprint density at radius 1 is 1.37 bits per heavy atom. The van der Waals surface area contributed by atoms with E-state index in [1.165, 1.54) is 19.4 Å². The number of anilines is 2. The van der Waals surface area contributed by atoms with Gasteiger partial charge in [0.2, 0.25) is 5.88 Å². The maximum absolute atomic E-state index is 5.84.